The summed E-state index contributed by atoms with van der Waals surface area (Å²) in [4.78, 5) is 9.94. The molecule has 3 aromatic heterocycles. The van der Waals surface area contributed by atoms with Gasteiger partial charge in [-0.2, -0.15) is 0 Å². The van der Waals surface area contributed by atoms with Crippen molar-refractivity contribution in [3.63, 3.8) is 0 Å². The number of halogens is 1. The lowest BCUT2D eigenvalue weighted by molar-refractivity contribution is 0.447. The molecular formula is C21H19FN4OS. The van der Waals surface area contributed by atoms with E-state index in [-0.39, 0.29) is 5.75 Å². The van der Waals surface area contributed by atoms with Gasteiger partial charge in [0.05, 0.1) is 20.8 Å². The van der Waals surface area contributed by atoms with Crippen molar-refractivity contribution in [2.24, 2.45) is 0 Å². The Kier molecular flexibility index (Phi) is 5.18. The second kappa shape index (κ2) is 7.92. The highest BCUT2D eigenvalue weighted by molar-refractivity contribution is 7.22. The smallest absolute Gasteiger partial charge is 0.167 e. The summed E-state index contributed by atoms with van der Waals surface area (Å²) >= 11 is 1.52. The van der Waals surface area contributed by atoms with Crippen LogP contribution < -0.4 is 15.8 Å². The third kappa shape index (κ3) is 3.81. The SMILES string of the molecule is CCNCc1ccc(-c2cc3nccc(Oc4ccc(N)cc4F)c3s2)nc1. The molecule has 0 spiro atoms. The molecule has 5 nitrogen and oxygen atoms in total. The average molecular weight is 394 g/mol. The molecule has 4 rings (SSSR count). The minimum atomic E-state index is -0.500. The van der Waals surface area contributed by atoms with Crippen LogP contribution in [0.25, 0.3) is 20.8 Å². The van der Waals surface area contributed by atoms with E-state index in [0.717, 1.165) is 39.4 Å². The normalized spacial score (nSPS) is 11.1. The molecule has 142 valence electrons. The van der Waals surface area contributed by atoms with E-state index in [2.05, 4.69) is 28.3 Å². The molecule has 0 aliphatic carbocycles. The fourth-order valence-electron chi connectivity index (χ4n) is 2.78. The monoisotopic (exact) mass is 394 g/mol. The summed E-state index contributed by atoms with van der Waals surface area (Å²) in [6.07, 6.45) is 3.52. The Balaban J connectivity index is 1.65. The summed E-state index contributed by atoms with van der Waals surface area (Å²) in [6, 6.07) is 12.1. The third-order valence-corrected chi connectivity index (χ3v) is 5.37. The first-order valence-electron chi connectivity index (χ1n) is 8.91. The lowest BCUT2D eigenvalue weighted by Crippen LogP contribution is -2.11. The van der Waals surface area contributed by atoms with E-state index in [9.17, 15) is 4.39 Å². The van der Waals surface area contributed by atoms with E-state index in [1.807, 2.05) is 18.3 Å². The maximum atomic E-state index is 14.1. The van der Waals surface area contributed by atoms with E-state index >= 15 is 0 Å². The van der Waals surface area contributed by atoms with Gasteiger partial charge in [-0.1, -0.05) is 13.0 Å². The van der Waals surface area contributed by atoms with Gasteiger partial charge < -0.3 is 15.8 Å². The van der Waals surface area contributed by atoms with Gasteiger partial charge in [0.2, 0.25) is 0 Å². The van der Waals surface area contributed by atoms with Crippen LogP contribution in [0, 0.1) is 5.82 Å². The molecule has 0 saturated heterocycles. The van der Waals surface area contributed by atoms with Crippen LogP contribution in [-0.4, -0.2) is 16.5 Å². The summed E-state index contributed by atoms with van der Waals surface area (Å²) < 4.78 is 20.7. The molecule has 0 aliphatic heterocycles. The summed E-state index contributed by atoms with van der Waals surface area (Å²) in [5.41, 5.74) is 8.74. The van der Waals surface area contributed by atoms with Crippen molar-refractivity contribution in [1.29, 1.82) is 0 Å². The van der Waals surface area contributed by atoms with E-state index in [1.165, 1.54) is 23.5 Å². The highest BCUT2D eigenvalue weighted by Crippen LogP contribution is 2.39. The Labute approximate surface area is 166 Å². The summed E-state index contributed by atoms with van der Waals surface area (Å²) in [7, 11) is 0. The summed E-state index contributed by atoms with van der Waals surface area (Å²) in [6.45, 7) is 3.78. The zero-order chi connectivity index (χ0) is 19.5. The molecule has 3 N–H and O–H groups in total. The van der Waals surface area contributed by atoms with Gasteiger partial charge in [0.1, 0.15) is 5.75 Å². The van der Waals surface area contributed by atoms with Gasteiger partial charge in [-0.05, 0) is 36.4 Å². The molecular weight excluding hydrogens is 375 g/mol. The number of ether oxygens (including phenoxy) is 1. The predicted octanol–water partition coefficient (Wildman–Crippen LogP) is 4.98. The summed E-state index contributed by atoms with van der Waals surface area (Å²) in [5, 5.41) is 3.28. The number of fused-ring (bicyclic) bond motifs is 1. The Morgan fingerprint density at radius 3 is 2.75 bits per heavy atom. The van der Waals surface area contributed by atoms with Gasteiger partial charge in [-0.15, -0.1) is 11.3 Å². The first-order valence-corrected chi connectivity index (χ1v) is 9.73. The fraction of sp³-hybridized carbons (Fsp3) is 0.143. The van der Waals surface area contributed by atoms with Gasteiger partial charge in [-0.25, -0.2) is 4.39 Å². The standard InChI is InChI=1S/C21H19FN4OS/c1-2-24-11-13-3-5-16(26-12-13)20-10-17-21(28-20)19(7-8-25-17)27-18-6-4-14(23)9-15(18)22/h3-10,12,24H,2,11,23H2,1H3. The number of anilines is 1. The molecule has 28 heavy (non-hydrogen) atoms. The van der Waals surface area contributed by atoms with Crippen LogP contribution in [0.1, 0.15) is 12.5 Å². The maximum Gasteiger partial charge on any atom is 0.167 e. The Hall–Kier alpha value is -3.03. The number of nitrogens with one attached hydrogen (secondary N) is 1. The van der Waals surface area contributed by atoms with Crippen molar-refractivity contribution >= 4 is 27.2 Å². The van der Waals surface area contributed by atoms with Crippen LogP contribution in [0.15, 0.2) is 54.9 Å². The van der Waals surface area contributed by atoms with Crippen molar-refractivity contribution in [2.75, 3.05) is 12.3 Å². The zero-order valence-corrected chi connectivity index (χ0v) is 16.1. The Bertz CT molecular complexity index is 1110. The number of thiophene rings is 1. The van der Waals surface area contributed by atoms with E-state index in [0.29, 0.717) is 11.4 Å². The van der Waals surface area contributed by atoms with Crippen LogP contribution in [0.3, 0.4) is 0 Å². The minimum Gasteiger partial charge on any atom is -0.453 e. The Morgan fingerprint density at radius 1 is 1.11 bits per heavy atom. The van der Waals surface area contributed by atoms with Gasteiger partial charge in [0.15, 0.2) is 11.6 Å². The highest BCUT2D eigenvalue weighted by Gasteiger charge is 2.13. The van der Waals surface area contributed by atoms with Crippen molar-refractivity contribution in [2.45, 2.75) is 13.5 Å². The fourth-order valence-corrected chi connectivity index (χ4v) is 3.83. The number of nitrogens with zero attached hydrogens (tertiary/aromatic N) is 2. The minimum absolute atomic E-state index is 0.127. The number of nitrogens with two attached hydrogens (primary N) is 1. The summed E-state index contributed by atoms with van der Waals surface area (Å²) in [5.74, 6) is 0.177. The van der Waals surface area contributed by atoms with Crippen molar-refractivity contribution in [3.05, 3.63) is 66.2 Å². The lowest BCUT2D eigenvalue weighted by atomic mass is 10.2. The molecule has 0 atom stereocenters. The predicted molar refractivity (Wildman–Crippen MR) is 111 cm³/mol. The van der Waals surface area contributed by atoms with Gasteiger partial charge in [0.25, 0.3) is 0 Å². The van der Waals surface area contributed by atoms with Crippen LogP contribution >= 0.6 is 11.3 Å². The molecule has 0 amide bonds. The molecule has 0 bridgehead atoms. The van der Waals surface area contributed by atoms with E-state index in [4.69, 9.17) is 10.5 Å². The molecule has 0 aliphatic rings. The first kappa shape index (κ1) is 18.3. The number of hydrogen-bond acceptors (Lipinski definition) is 6. The van der Waals surface area contributed by atoms with Crippen LogP contribution in [-0.2, 0) is 6.54 Å². The molecule has 0 radical (unpaired) electrons. The third-order valence-electron chi connectivity index (χ3n) is 4.21. The van der Waals surface area contributed by atoms with Gasteiger partial charge in [-0.3, -0.25) is 9.97 Å². The maximum absolute atomic E-state index is 14.1. The lowest BCUT2D eigenvalue weighted by Gasteiger charge is -2.07. The van der Waals surface area contributed by atoms with Crippen LogP contribution in [0.4, 0.5) is 10.1 Å². The average Bonchev–Trinajstić information content (AvgIpc) is 3.14. The van der Waals surface area contributed by atoms with Crippen molar-refractivity contribution in [1.82, 2.24) is 15.3 Å². The number of pyridine rings is 2. The molecule has 3 heterocycles. The van der Waals surface area contributed by atoms with Crippen molar-refractivity contribution < 1.29 is 9.13 Å². The molecule has 0 fully saturated rings. The number of rotatable bonds is 6. The second-order valence-corrected chi connectivity index (χ2v) is 7.31. The number of aromatic nitrogens is 2. The largest absolute Gasteiger partial charge is 0.453 e. The molecule has 7 heteroatoms. The Morgan fingerprint density at radius 2 is 2.00 bits per heavy atom. The van der Waals surface area contributed by atoms with Crippen LogP contribution in [0.5, 0.6) is 11.5 Å². The second-order valence-electron chi connectivity index (χ2n) is 6.26. The van der Waals surface area contributed by atoms with E-state index < -0.39 is 5.82 Å². The molecule has 4 aromatic rings. The van der Waals surface area contributed by atoms with Gasteiger partial charge in [0, 0.05) is 36.8 Å². The number of benzene rings is 1. The van der Waals surface area contributed by atoms with Gasteiger partial charge >= 0.3 is 0 Å². The molecule has 1 aromatic carbocycles. The first-order chi connectivity index (χ1) is 13.6. The number of hydrogen-bond donors (Lipinski definition) is 2. The van der Waals surface area contributed by atoms with Crippen LogP contribution in [0.2, 0.25) is 0 Å². The number of nitrogen functional groups attached to an aromatic ring is 1. The zero-order valence-electron chi connectivity index (χ0n) is 15.3. The van der Waals surface area contributed by atoms with Crippen molar-refractivity contribution in [3.8, 4) is 22.1 Å². The highest BCUT2D eigenvalue weighted by atomic mass is 32.1. The molecule has 0 saturated carbocycles. The quantitative estimate of drug-likeness (QED) is 0.451. The molecule has 0 unspecified atom stereocenters. The topological polar surface area (TPSA) is 73.1 Å². The van der Waals surface area contributed by atoms with E-state index in [1.54, 1.807) is 18.3 Å².